The van der Waals surface area contributed by atoms with Gasteiger partial charge in [0, 0.05) is 18.3 Å². The van der Waals surface area contributed by atoms with Gasteiger partial charge in [-0.3, -0.25) is 9.40 Å². The van der Waals surface area contributed by atoms with Crippen molar-refractivity contribution in [2.75, 3.05) is 4.72 Å². The van der Waals surface area contributed by atoms with Crippen LogP contribution in [0.15, 0.2) is 35.5 Å². The highest BCUT2D eigenvalue weighted by molar-refractivity contribution is 7.92. The summed E-state index contributed by atoms with van der Waals surface area (Å²) in [6.45, 7) is 4.36. The zero-order chi connectivity index (χ0) is 15.6. The SMILES string of the molecule is CCn1cc(NS(=O)(=O)c2ccc(C(N)=S)c(C)c2)cn1. The predicted molar refractivity (Wildman–Crippen MR) is 85.8 cm³/mol. The Morgan fingerprint density at radius 3 is 2.71 bits per heavy atom. The first-order valence-corrected chi connectivity index (χ1v) is 8.18. The van der Waals surface area contributed by atoms with Gasteiger partial charge in [-0.2, -0.15) is 5.10 Å². The van der Waals surface area contributed by atoms with Crippen molar-refractivity contribution in [1.29, 1.82) is 0 Å². The molecule has 0 unspecified atom stereocenters. The molecule has 0 aliphatic rings. The highest BCUT2D eigenvalue weighted by Gasteiger charge is 2.16. The summed E-state index contributed by atoms with van der Waals surface area (Å²) in [5.74, 6) is 0. The van der Waals surface area contributed by atoms with Gasteiger partial charge in [0.25, 0.3) is 10.0 Å². The summed E-state index contributed by atoms with van der Waals surface area (Å²) in [4.78, 5) is 0.401. The monoisotopic (exact) mass is 324 g/mol. The van der Waals surface area contributed by atoms with Gasteiger partial charge in [-0.05, 0) is 31.5 Å². The number of aromatic nitrogens is 2. The molecule has 1 aromatic heterocycles. The van der Waals surface area contributed by atoms with E-state index in [2.05, 4.69) is 9.82 Å². The van der Waals surface area contributed by atoms with Gasteiger partial charge in [0.1, 0.15) is 4.99 Å². The first-order valence-electron chi connectivity index (χ1n) is 6.29. The molecule has 0 fully saturated rings. The molecule has 21 heavy (non-hydrogen) atoms. The number of sulfonamides is 1. The van der Waals surface area contributed by atoms with Crippen LogP contribution in [0.4, 0.5) is 5.69 Å². The van der Waals surface area contributed by atoms with Crippen LogP contribution in [0, 0.1) is 6.92 Å². The topological polar surface area (TPSA) is 90.0 Å². The fraction of sp³-hybridized carbons (Fsp3) is 0.231. The largest absolute Gasteiger partial charge is 0.389 e. The van der Waals surface area contributed by atoms with Gasteiger partial charge in [0.15, 0.2) is 0 Å². The number of aryl methyl sites for hydroxylation is 2. The van der Waals surface area contributed by atoms with Crippen LogP contribution in [0.3, 0.4) is 0 Å². The Morgan fingerprint density at radius 2 is 2.19 bits per heavy atom. The van der Waals surface area contributed by atoms with E-state index < -0.39 is 10.0 Å². The number of hydrogen-bond acceptors (Lipinski definition) is 4. The quantitative estimate of drug-likeness (QED) is 0.816. The summed E-state index contributed by atoms with van der Waals surface area (Å²) in [5.41, 5.74) is 7.38. The van der Waals surface area contributed by atoms with Crippen molar-refractivity contribution in [2.24, 2.45) is 5.73 Å². The third-order valence-electron chi connectivity index (χ3n) is 2.98. The normalized spacial score (nSPS) is 11.3. The summed E-state index contributed by atoms with van der Waals surface area (Å²) in [6, 6.07) is 4.64. The van der Waals surface area contributed by atoms with E-state index in [0.29, 0.717) is 17.8 Å². The zero-order valence-corrected chi connectivity index (χ0v) is 13.3. The van der Waals surface area contributed by atoms with Crippen LogP contribution in [0.1, 0.15) is 18.1 Å². The maximum absolute atomic E-state index is 12.3. The average Bonchev–Trinajstić information content (AvgIpc) is 2.85. The van der Waals surface area contributed by atoms with Gasteiger partial charge in [-0.15, -0.1) is 0 Å². The fourth-order valence-corrected chi connectivity index (χ4v) is 3.22. The van der Waals surface area contributed by atoms with E-state index >= 15 is 0 Å². The Hall–Kier alpha value is -1.93. The van der Waals surface area contributed by atoms with Gasteiger partial charge in [-0.25, -0.2) is 8.42 Å². The standard InChI is InChI=1S/C13H16N4O2S2/c1-3-17-8-10(7-15-17)16-21(18,19)11-4-5-12(13(14)20)9(2)6-11/h4-8,16H,3H2,1-2H3,(H2,14,20). The maximum Gasteiger partial charge on any atom is 0.262 e. The molecule has 8 heteroatoms. The minimum Gasteiger partial charge on any atom is -0.389 e. The van der Waals surface area contributed by atoms with Crippen molar-refractivity contribution in [3.05, 3.63) is 41.7 Å². The van der Waals surface area contributed by atoms with Gasteiger partial charge in [0.2, 0.25) is 0 Å². The lowest BCUT2D eigenvalue weighted by atomic mass is 10.1. The van der Waals surface area contributed by atoms with Gasteiger partial charge < -0.3 is 5.73 Å². The minimum atomic E-state index is -3.66. The van der Waals surface area contributed by atoms with E-state index in [1.54, 1.807) is 29.9 Å². The van der Waals surface area contributed by atoms with E-state index in [1.165, 1.54) is 12.3 Å². The summed E-state index contributed by atoms with van der Waals surface area (Å²) in [5, 5.41) is 4.02. The van der Waals surface area contributed by atoms with Crippen LogP contribution in [-0.2, 0) is 16.6 Å². The Kier molecular flexibility index (Phi) is 4.29. The highest BCUT2D eigenvalue weighted by atomic mass is 32.2. The van der Waals surface area contributed by atoms with Crippen molar-refractivity contribution in [2.45, 2.75) is 25.3 Å². The molecule has 2 aromatic rings. The number of anilines is 1. The molecule has 0 saturated carbocycles. The number of nitrogens with zero attached hydrogens (tertiary/aromatic N) is 2. The first kappa shape index (κ1) is 15.5. The lowest BCUT2D eigenvalue weighted by Crippen LogP contribution is -2.15. The molecular weight excluding hydrogens is 308 g/mol. The van der Waals surface area contributed by atoms with Gasteiger partial charge in [-0.1, -0.05) is 18.3 Å². The van der Waals surface area contributed by atoms with Crippen LogP contribution in [-0.4, -0.2) is 23.2 Å². The van der Waals surface area contributed by atoms with Crippen molar-refractivity contribution in [1.82, 2.24) is 9.78 Å². The van der Waals surface area contributed by atoms with E-state index in [9.17, 15) is 8.42 Å². The number of nitrogens with two attached hydrogens (primary N) is 1. The highest BCUT2D eigenvalue weighted by Crippen LogP contribution is 2.19. The lowest BCUT2D eigenvalue weighted by molar-refractivity contribution is 0.601. The average molecular weight is 324 g/mol. The number of benzene rings is 1. The molecule has 0 aliphatic carbocycles. The fourth-order valence-electron chi connectivity index (χ4n) is 1.88. The Bertz CT molecular complexity index is 781. The van der Waals surface area contributed by atoms with Crippen LogP contribution in [0.2, 0.25) is 0 Å². The first-order chi connectivity index (χ1) is 9.83. The number of thiocarbonyl (C=S) groups is 1. The number of nitrogens with one attached hydrogen (secondary N) is 1. The molecule has 0 atom stereocenters. The zero-order valence-electron chi connectivity index (χ0n) is 11.7. The molecule has 0 spiro atoms. The second-order valence-corrected chi connectivity index (χ2v) is 6.65. The minimum absolute atomic E-state index is 0.157. The molecule has 0 aliphatic heterocycles. The maximum atomic E-state index is 12.3. The molecule has 112 valence electrons. The molecule has 2 rings (SSSR count). The predicted octanol–water partition coefficient (Wildman–Crippen LogP) is 1.65. The van der Waals surface area contributed by atoms with Crippen molar-refractivity contribution in [3.8, 4) is 0 Å². The third-order valence-corrected chi connectivity index (χ3v) is 4.58. The molecule has 0 amide bonds. The Morgan fingerprint density at radius 1 is 1.48 bits per heavy atom. The number of hydrogen-bond donors (Lipinski definition) is 2. The van der Waals surface area contributed by atoms with E-state index in [0.717, 1.165) is 5.56 Å². The smallest absolute Gasteiger partial charge is 0.262 e. The van der Waals surface area contributed by atoms with E-state index in [1.807, 2.05) is 6.92 Å². The molecule has 1 heterocycles. The number of rotatable bonds is 5. The second-order valence-electron chi connectivity index (χ2n) is 4.53. The van der Waals surface area contributed by atoms with Gasteiger partial charge in [0.05, 0.1) is 16.8 Å². The van der Waals surface area contributed by atoms with E-state index in [4.69, 9.17) is 18.0 Å². The van der Waals surface area contributed by atoms with Gasteiger partial charge >= 0.3 is 0 Å². The molecule has 1 aromatic carbocycles. The Balaban J connectivity index is 2.31. The summed E-state index contributed by atoms with van der Waals surface area (Å²) in [7, 11) is -3.66. The lowest BCUT2D eigenvalue weighted by Gasteiger charge is -2.09. The molecular formula is C13H16N4O2S2. The van der Waals surface area contributed by atoms with E-state index in [-0.39, 0.29) is 9.88 Å². The summed E-state index contributed by atoms with van der Waals surface area (Å²) >= 11 is 4.91. The van der Waals surface area contributed by atoms with Crippen LogP contribution in [0.5, 0.6) is 0 Å². The van der Waals surface area contributed by atoms with Crippen molar-refractivity contribution < 1.29 is 8.42 Å². The van der Waals surface area contributed by atoms with Crippen molar-refractivity contribution in [3.63, 3.8) is 0 Å². The molecule has 0 bridgehead atoms. The Labute approximate surface area is 129 Å². The molecule has 3 N–H and O–H groups in total. The summed E-state index contributed by atoms with van der Waals surface area (Å²) < 4.78 is 28.8. The third kappa shape index (κ3) is 3.40. The van der Waals surface area contributed by atoms with Crippen LogP contribution in [0.25, 0.3) is 0 Å². The van der Waals surface area contributed by atoms with Crippen LogP contribution >= 0.6 is 12.2 Å². The summed E-state index contributed by atoms with van der Waals surface area (Å²) in [6.07, 6.45) is 3.10. The molecule has 6 nitrogen and oxygen atoms in total. The molecule has 0 radical (unpaired) electrons. The second kappa shape index (κ2) is 5.82. The molecule has 0 saturated heterocycles. The van der Waals surface area contributed by atoms with Crippen LogP contribution < -0.4 is 10.5 Å². The van der Waals surface area contributed by atoms with Crippen molar-refractivity contribution >= 4 is 32.9 Å².